The van der Waals surface area contributed by atoms with Crippen molar-refractivity contribution in [2.75, 3.05) is 5.32 Å². The third-order valence-corrected chi connectivity index (χ3v) is 4.71. The summed E-state index contributed by atoms with van der Waals surface area (Å²) >= 11 is 0. The van der Waals surface area contributed by atoms with E-state index in [1.807, 2.05) is 62.4 Å². The zero-order valence-corrected chi connectivity index (χ0v) is 15.3. The van der Waals surface area contributed by atoms with Crippen molar-refractivity contribution in [3.8, 4) is 0 Å². The van der Waals surface area contributed by atoms with Gasteiger partial charge in [-0.1, -0.05) is 48.5 Å². The molecule has 0 aliphatic heterocycles. The molecule has 5 heteroatoms. The van der Waals surface area contributed by atoms with Gasteiger partial charge >= 0.3 is 0 Å². The quantitative estimate of drug-likeness (QED) is 0.596. The number of fused-ring (bicyclic) bond motifs is 1. The normalized spacial score (nSPS) is 10.9. The Balaban J connectivity index is 1.70. The second-order valence-corrected chi connectivity index (χ2v) is 6.54. The van der Waals surface area contributed by atoms with Gasteiger partial charge in [-0.25, -0.2) is 9.50 Å². The van der Waals surface area contributed by atoms with E-state index in [0.717, 1.165) is 29.1 Å². The Morgan fingerprint density at radius 3 is 2.37 bits per heavy atom. The maximum Gasteiger partial charge on any atom is 0.261 e. The number of hydrogen-bond acceptors (Lipinski definition) is 3. The molecule has 0 saturated heterocycles. The lowest BCUT2D eigenvalue weighted by Crippen LogP contribution is -2.13. The number of anilines is 1. The molecule has 5 nitrogen and oxygen atoms in total. The molecule has 2 aromatic carbocycles. The minimum Gasteiger partial charge on any atom is -0.322 e. The van der Waals surface area contributed by atoms with Crippen LogP contribution < -0.4 is 5.32 Å². The molecule has 27 heavy (non-hydrogen) atoms. The number of aryl methyl sites for hydroxylation is 2. The molecule has 0 saturated carbocycles. The first-order valence-corrected chi connectivity index (χ1v) is 8.87. The SMILES string of the molecule is Cc1nc2c(C(=O)Nc3ccccc3)cnn2c(C)c1Cc1ccccc1. The van der Waals surface area contributed by atoms with Gasteiger partial charge in [0.1, 0.15) is 5.56 Å². The molecular formula is C22H20N4O. The summed E-state index contributed by atoms with van der Waals surface area (Å²) in [5, 5.41) is 7.32. The lowest BCUT2D eigenvalue weighted by atomic mass is 10.0. The molecule has 134 valence electrons. The lowest BCUT2D eigenvalue weighted by molar-refractivity contribution is 0.102. The molecule has 0 aliphatic rings. The van der Waals surface area contributed by atoms with Gasteiger partial charge in [-0.05, 0) is 37.1 Å². The van der Waals surface area contributed by atoms with Gasteiger partial charge in [-0.3, -0.25) is 4.79 Å². The first-order valence-electron chi connectivity index (χ1n) is 8.87. The average molecular weight is 356 g/mol. The molecule has 0 fully saturated rings. The Morgan fingerprint density at radius 1 is 1.00 bits per heavy atom. The summed E-state index contributed by atoms with van der Waals surface area (Å²) in [6.07, 6.45) is 2.37. The van der Waals surface area contributed by atoms with Crippen molar-refractivity contribution in [3.63, 3.8) is 0 Å². The number of carbonyl (C=O) groups excluding carboxylic acids is 1. The van der Waals surface area contributed by atoms with E-state index in [-0.39, 0.29) is 5.91 Å². The predicted octanol–water partition coefficient (Wildman–Crippen LogP) is 4.19. The fourth-order valence-corrected chi connectivity index (χ4v) is 3.25. The first kappa shape index (κ1) is 17.0. The zero-order chi connectivity index (χ0) is 18.8. The number of nitrogens with one attached hydrogen (secondary N) is 1. The summed E-state index contributed by atoms with van der Waals surface area (Å²) in [7, 11) is 0. The van der Waals surface area contributed by atoms with Crippen molar-refractivity contribution in [1.29, 1.82) is 0 Å². The summed E-state index contributed by atoms with van der Waals surface area (Å²) in [6, 6.07) is 19.7. The maximum absolute atomic E-state index is 12.7. The van der Waals surface area contributed by atoms with Gasteiger partial charge in [0.25, 0.3) is 5.91 Å². The summed E-state index contributed by atoms with van der Waals surface area (Å²) < 4.78 is 1.76. The predicted molar refractivity (Wildman–Crippen MR) is 106 cm³/mol. The number of nitrogens with zero attached hydrogens (tertiary/aromatic N) is 3. The van der Waals surface area contributed by atoms with Crippen LogP contribution in [0.3, 0.4) is 0 Å². The largest absolute Gasteiger partial charge is 0.322 e. The van der Waals surface area contributed by atoms with Crippen LogP contribution in [0.5, 0.6) is 0 Å². The molecule has 1 N–H and O–H groups in total. The fourth-order valence-electron chi connectivity index (χ4n) is 3.25. The molecule has 0 unspecified atom stereocenters. The summed E-state index contributed by atoms with van der Waals surface area (Å²) in [5.41, 5.74) is 6.06. The van der Waals surface area contributed by atoms with Crippen LogP contribution in [-0.2, 0) is 6.42 Å². The molecule has 0 atom stereocenters. The van der Waals surface area contributed by atoms with Crippen LogP contribution in [0.15, 0.2) is 66.9 Å². The molecule has 0 radical (unpaired) electrons. The number of carbonyl (C=O) groups is 1. The van der Waals surface area contributed by atoms with E-state index < -0.39 is 0 Å². The van der Waals surface area contributed by atoms with Gasteiger partial charge in [0, 0.05) is 23.5 Å². The molecule has 2 aromatic heterocycles. The monoisotopic (exact) mass is 356 g/mol. The van der Waals surface area contributed by atoms with Gasteiger partial charge in [0.15, 0.2) is 5.65 Å². The Labute approximate surface area is 157 Å². The number of amides is 1. The van der Waals surface area contributed by atoms with E-state index in [9.17, 15) is 4.79 Å². The van der Waals surface area contributed by atoms with Gasteiger partial charge in [-0.15, -0.1) is 0 Å². The summed E-state index contributed by atoms with van der Waals surface area (Å²) in [4.78, 5) is 17.4. The third-order valence-electron chi connectivity index (χ3n) is 4.71. The van der Waals surface area contributed by atoms with Gasteiger partial charge in [0.2, 0.25) is 0 Å². The maximum atomic E-state index is 12.7. The zero-order valence-electron chi connectivity index (χ0n) is 15.3. The standard InChI is InChI=1S/C22H20N4O/c1-15-19(13-17-9-5-3-6-10-17)16(2)26-21(24-15)20(14-23-26)22(27)25-18-11-7-4-8-12-18/h3-12,14H,13H2,1-2H3,(H,25,27). The topological polar surface area (TPSA) is 59.3 Å². The number of benzene rings is 2. The van der Waals surface area contributed by atoms with Crippen molar-refractivity contribution in [1.82, 2.24) is 14.6 Å². The first-order chi connectivity index (χ1) is 13.1. The Hall–Kier alpha value is -3.47. The van der Waals surface area contributed by atoms with Gasteiger partial charge < -0.3 is 5.32 Å². The molecule has 0 aliphatic carbocycles. The van der Waals surface area contributed by atoms with Crippen molar-refractivity contribution in [3.05, 3.63) is 94.9 Å². The lowest BCUT2D eigenvalue weighted by Gasteiger charge is -2.12. The minimum atomic E-state index is -0.210. The van der Waals surface area contributed by atoms with E-state index in [0.29, 0.717) is 11.2 Å². The van der Waals surface area contributed by atoms with Crippen LogP contribution in [0.4, 0.5) is 5.69 Å². The highest BCUT2D eigenvalue weighted by atomic mass is 16.1. The molecule has 1 amide bonds. The number of rotatable bonds is 4. The van der Waals surface area contributed by atoms with Crippen LogP contribution in [0.1, 0.15) is 32.9 Å². The van der Waals surface area contributed by atoms with Crippen LogP contribution in [0.25, 0.3) is 5.65 Å². The second-order valence-electron chi connectivity index (χ2n) is 6.54. The van der Waals surface area contributed by atoms with E-state index in [1.54, 1.807) is 10.7 Å². The molecule has 4 rings (SSSR count). The Bertz CT molecular complexity index is 1100. The van der Waals surface area contributed by atoms with Crippen molar-refractivity contribution >= 4 is 17.2 Å². The highest BCUT2D eigenvalue weighted by molar-refractivity contribution is 6.08. The Kier molecular flexibility index (Phi) is 4.42. The number of hydrogen-bond donors (Lipinski definition) is 1. The number of para-hydroxylation sites is 1. The average Bonchev–Trinajstić information content (AvgIpc) is 3.11. The van der Waals surface area contributed by atoms with E-state index in [4.69, 9.17) is 4.98 Å². The smallest absolute Gasteiger partial charge is 0.261 e. The third kappa shape index (κ3) is 3.31. The molecule has 4 aromatic rings. The summed E-state index contributed by atoms with van der Waals surface area (Å²) in [5.74, 6) is -0.210. The van der Waals surface area contributed by atoms with Crippen molar-refractivity contribution < 1.29 is 4.79 Å². The Morgan fingerprint density at radius 2 is 1.67 bits per heavy atom. The van der Waals surface area contributed by atoms with Crippen molar-refractivity contribution in [2.24, 2.45) is 0 Å². The minimum absolute atomic E-state index is 0.210. The van der Waals surface area contributed by atoms with Crippen LogP contribution in [0.2, 0.25) is 0 Å². The van der Waals surface area contributed by atoms with E-state index >= 15 is 0 Å². The van der Waals surface area contributed by atoms with Gasteiger partial charge in [-0.2, -0.15) is 5.10 Å². The van der Waals surface area contributed by atoms with E-state index in [2.05, 4.69) is 22.5 Å². The van der Waals surface area contributed by atoms with E-state index in [1.165, 1.54) is 5.56 Å². The van der Waals surface area contributed by atoms with Gasteiger partial charge in [0.05, 0.1) is 6.20 Å². The van der Waals surface area contributed by atoms with Crippen molar-refractivity contribution in [2.45, 2.75) is 20.3 Å². The van der Waals surface area contributed by atoms with Crippen LogP contribution in [0, 0.1) is 13.8 Å². The highest BCUT2D eigenvalue weighted by Crippen LogP contribution is 2.21. The van der Waals surface area contributed by atoms with Crippen LogP contribution >= 0.6 is 0 Å². The second kappa shape index (κ2) is 7.03. The molecule has 0 bridgehead atoms. The fraction of sp³-hybridized carbons (Fsp3) is 0.136. The molecule has 2 heterocycles. The van der Waals surface area contributed by atoms with Crippen LogP contribution in [-0.4, -0.2) is 20.5 Å². The number of aromatic nitrogens is 3. The highest BCUT2D eigenvalue weighted by Gasteiger charge is 2.18. The molecular weight excluding hydrogens is 336 g/mol. The summed E-state index contributed by atoms with van der Waals surface area (Å²) in [6.45, 7) is 4.00. The molecule has 0 spiro atoms.